The van der Waals surface area contributed by atoms with Gasteiger partial charge in [0.25, 0.3) is 0 Å². The molecule has 2 heterocycles. The Morgan fingerprint density at radius 2 is 2.14 bits per heavy atom. The quantitative estimate of drug-likeness (QED) is 0.409. The number of unbranched alkanes of at least 4 members (excludes halogenated alkanes) is 3. The highest BCUT2D eigenvalue weighted by molar-refractivity contribution is 5.79. The average molecular weight is 310 g/mol. The lowest BCUT2D eigenvalue weighted by Gasteiger charge is -2.34. The van der Waals surface area contributed by atoms with E-state index in [1.54, 1.807) is 0 Å². The molecule has 2 rings (SSSR count). The van der Waals surface area contributed by atoms with Crippen molar-refractivity contribution in [3.8, 4) is 0 Å². The summed E-state index contributed by atoms with van der Waals surface area (Å²) in [6.45, 7) is 10.2. The lowest BCUT2D eigenvalue weighted by Crippen LogP contribution is -2.47. The van der Waals surface area contributed by atoms with Crippen LogP contribution in [0.25, 0.3) is 0 Å². The minimum absolute atomic E-state index is 0.255. The molecule has 0 amide bonds. The molecule has 0 radical (unpaired) electrons. The zero-order chi connectivity index (χ0) is 15.6. The molecule has 2 atom stereocenters. The number of ether oxygens (including phenoxy) is 1. The van der Waals surface area contributed by atoms with E-state index in [0.29, 0.717) is 6.04 Å². The lowest BCUT2D eigenvalue weighted by atomic mass is 10.2. The molecular weight excluding hydrogens is 276 g/mol. The summed E-state index contributed by atoms with van der Waals surface area (Å²) in [6.07, 6.45) is 8.00. The highest BCUT2D eigenvalue weighted by Crippen LogP contribution is 2.22. The number of aliphatic imine (C=N–C) groups is 1. The summed E-state index contributed by atoms with van der Waals surface area (Å²) in [7, 11) is 0. The van der Waals surface area contributed by atoms with E-state index in [1.807, 2.05) is 0 Å². The number of hydrogen-bond acceptors (Lipinski definition) is 3. The molecule has 5 nitrogen and oxygen atoms in total. The van der Waals surface area contributed by atoms with Gasteiger partial charge >= 0.3 is 0 Å². The van der Waals surface area contributed by atoms with Crippen LogP contribution in [0, 0.1) is 0 Å². The van der Waals surface area contributed by atoms with Crippen LogP contribution in [-0.4, -0.2) is 62.3 Å². The molecule has 22 heavy (non-hydrogen) atoms. The van der Waals surface area contributed by atoms with Crippen molar-refractivity contribution in [2.24, 2.45) is 4.99 Å². The molecule has 0 spiro atoms. The maximum Gasteiger partial charge on any atom is 0.191 e. The van der Waals surface area contributed by atoms with Crippen molar-refractivity contribution in [2.45, 2.75) is 64.5 Å². The number of fused-ring (bicyclic) bond motifs is 1. The van der Waals surface area contributed by atoms with E-state index >= 15 is 0 Å². The zero-order valence-electron chi connectivity index (χ0n) is 14.4. The SMILES string of the molecule is CCCCCCNC(=NCC1CN2CCCC2CO1)NCC. The first-order valence-corrected chi connectivity index (χ1v) is 9.21. The van der Waals surface area contributed by atoms with Crippen LogP contribution in [0.3, 0.4) is 0 Å². The molecule has 2 aliphatic heterocycles. The predicted molar refractivity (Wildman–Crippen MR) is 92.5 cm³/mol. The Balaban J connectivity index is 1.69. The Labute approximate surface area is 135 Å². The van der Waals surface area contributed by atoms with E-state index in [0.717, 1.165) is 38.7 Å². The largest absolute Gasteiger partial charge is 0.373 e. The highest BCUT2D eigenvalue weighted by atomic mass is 16.5. The van der Waals surface area contributed by atoms with E-state index in [1.165, 1.54) is 45.1 Å². The molecule has 2 aliphatic rings. The fourth-order valence-corrected chi connectivity index (χ4v) is 3.29. The second kappa shape index (κ2) is 10.1. The summed E-state index contributed by atoms with van der Waals surface area (Å²) in [5, 5.41) is 6.76. The maximum atomic E-state index is 5.97. The van der Waals surface area contributed by atoms with Crippen molar-refractivity contribution in [2.75, 3.05) is 39.3 Å². The summed E-state index contributed by atoms with van der Waals surface area (Å²) >= 11 is 0. The maximum absolute atomic E-state index is 5.97. The Kier molecular flexibility index (Phi) is 8.02. The minimum atomic E-state index is 0.255. The third kappa shape index (κ3) is 5.76. The summed E-state index contributed by atoms with van der Waals surface area (Å²) in [4.78, 5) is 7.29. The number of rotatable bonds is 8. The van der Waals surface area contributed by atoms with E-state index < -0.39 is 0 Å². The standard InChI is InChI=1S/C17H34N4O/c1-3-5-6-7-10-19-17(18-4-2)20-12-16-13-21-11-8-9-15(21)14-22-16/h15-16H,3-14H2,1-2H3,(H2,18,19,20). The third-order valence-corrected chi connectivity index (χ3v) is 4.58. The number of hydrogen-bond donors (Lipinski definition) is 2. The summed E-state index contributed by atoms with van der Waals surface area (Å²) in [5.41, 5.74) is 0. The highest BCUT2D eigenvalue weighted by Gasteiger charge is 2.31. The van der Waals surface area contributed by atoms with Crippen molar-refractivity contribution in [3.05, 3.63) is 0 Å². The Morgan fingerprint density at radius 1 is 1.23 bits per heavy atom. The Morgan fingerprint density at radius 3 is 2.95 bits per heavy atom. The van der Waals surface area contributed by atoms with Crippen LogP contribution < -0.4 is 10.6 Å². The van der Waals surface area contributed by atoms with Gasteiger partial charge in [-0.1, -0.05) is 26.2 Å². The van der Waals surface area contributed by atoms with Gasteiger partial charge in [0, 0.05) is 25.7 Å². The first kappa shape index (κ1) is 17.5. The number of guanidine groups is 1. The Hall–Kier alpha value is -0.810. The first-order chi connectivity index (χ1) is 10.8. The smallest absolute Gasteiger partial charge is 0.191 e. The van der Waals surface area contributed by atoms with Crippen molar-refractivity contribution < 1.29 is 4.74 Å². The summed E-state index contributed by atoms with van der Waals surface area (Å²) in [5.74, 6) is 0.936. The second-order valence-corrected chi connectivity index (χ2v) is 6.45. The molecule has 0 aromatic carbocycles. The molecule has 2 saturated heterocycles. The summed E-state index contributed by atoms with van der Waals surface area (Å²) < 4.78 is 5.97. The molecule has 2 fully saturated rings. The van der Waals surface area contributed by atoms with Crippen LogP contribution in [0.15, 0.2) is 4.99 Å². The minimum Gasteiger partial charge on any atom is -0.373 e. The molecule has 0 aromatic heterocycles. The number of nitrogens with zero attached hydrogens (tertiary/aromatic N) is 2. The van der Waals surface area contributed by atoms with Gasteiger partial charge in [0.2, 0.25) is 0 Å². The molecule has 2 N–H and O–H groups in total. The van der Waals surface area contributed by atoms with Crippen LogP contribution in [0.5, 0.6) is 0 Å². The third-order valence-electron chi connectivity index (χ3n) is 4.58. The molecular formula is C17H34N4O. The normalized spacial score (nSPS) is 26.0. The molecule has 0 aliphatic carbocycles. The molecule has 2 unspecified atom stereocenters. The Bertz CT molecular complexity index is 335. The topological polar surface area (TPSA) is 48.9 Å². The number of nitrogens with one attached hydrogen (secondary N) is 2. The van der Waals surface area contributed by atoms with Crippen LogP contribution in [0.2, 0.25) is 0 Å². The van der Waals surface area contributed by atoms with Crippen molar-refractivity contribution in [3.63, 3.8) is 0 Å². The van der Waals surface area contributed by atoms with Crippen molar-refractivity contribution >= 4 is 5.96 Å². The molecule has 0 aromatic rings. The monoisotopic (exact) mass is 310 g/mol. The van der Waals surface area contributed by atoms with Gasteiger partial charge in [-0.25, -0.2) is 0 Å². The average Bonchev–Trinajstić information content (AvgIpc) is 3.00. The van der Waals surface area contributed by atoms with E-state index in [9.17, 15) is 0 Å². The van der Waals surface area contributed by atoms with Gasteiger partial charge in [-0.05, 0) is 32.7 Å². The van der Waals surface area contributed by atoms with Crippen LogP contribution in [0.1, 0.15) is 52.4 Å². The fourth-order valence-electron chi connectivity index (χ4n) is 3.29. The van der Waals surface area contributed by atoms with E-state index in [2.05, 4.69) is 29.4 Å². The van der Waals surface area contributed by atoms with Gasteiger partial charge in [-0.3, -0.25) is 9.89 Å². The van der Waals surface area contributed by atoms with Crippen molar-refractivity contribution in [1.29, 1.82) is 0 Å². The van der Waals surface area contributed by atoms with Gasteiger partial charge < -0.3 is 15.4 Å². The zero-order valence-corrected chi connectivity index (χ0v) is 14.4. The van der Waals surface area contributed by atoms with Gasteiger partial charge in [0.15, 0.2) is 5.96 Å². The molecule has 0 bridgehead atoms. The van der Waals surface area contributed by atoms with Crippen molar-refractivity contribution in [1.82, 2.24) is 15.5 Å². The van der Waals surface area contributed by atoms with Gasteiger partial charge in [0.05, 0.1) is 19.3 Å². The van der Waals surface area contributed by atoms with E-state index in [4.69, 9.17) is 9.73 Å². The first-order valence-electron chi connectivity index (χ1n) is 9.21. The molecule has 128 valence electrons. The van der Waals surface area contributed by atoms with Gasteiger partial charge in [-0.2, -0.15) is 0 Å². The predicted octanol–water partition coefficient (Wildman–Crippen LogP) is 1.99. The van der Waals surface area contributed by atoms with Crippen LogP contribution in [0.4, 0.5) is 0 Å². The fraction of sp³-hybridized carbons (Fsp3) is 0.941. The van der Waals surface area contributed by atoms with Gasteiger partial charge in [0.1, 0.15) is 0 Å². The second-order valence-electron chi connectivity index (χ2n) is 6.45. The van der Waals surface area contributed by atoms with E-state index in [-0.39, 0.29) is 6.10 Å². The lowest BCUT2D eigenvalue weighted by molar-refractivity contribution is -0.0432. The van der Waals surface area contributed by atoms with Crippen LogP contribution >= 0.6 is 0 Å². The molecule has 0 saturated carbocycles. The van der Waals surface area contributed by atoms with Crippen LogP contribution in [-0.2, 0) is 4.74 Å². The summed E-state index contributed by atoms with van der Waals surface area (Å²) in [6, 6.07) is 0.671. The number of morpholine rings is 1. The van der Waals surface area contributed by atoms with Gasteiger partial charge in [-0.15, -0.1) is 0 Å². The molecule has 5 heteroatoms.